The first-order chi connectivity index (χ1) is 12.4. The maximum absolute atomic E-state index is 12.7. The zero-order valence-corrected chi connectivity index (χ0v) is 16.0. The number of nitrogens with one attached hydrogen (secondary N) is 2. The van der Waals surface area contributed by atoms with E-state index in [0.717, 1.165) is 10.2 Å². The number of anilines is 2. The summed E-state index contributed by atoms with van der Waals surface area (Å²) >= 11 is 3.33. The molecule has 3 aromatic rings. The van der Waals surface area contributed by atoms with Gasteiger partial charge in [-0.1, -0.05) is 15.9 Å². The second-order valence-electron chi connectivity index (χ2n) is 5.71. The van der Waals surface area contributed by atoms with Gasteiger partial charge >= 0.3 is 0 Å². The molecule has 0 atom stereocenters. The van der Waals surface area contributed by atoms with Crippen LogP contribution in [0.2, 0.25) is 0 Å². The van der Waals surface area contributed by atoms with E-state index in [2.05, 4.69) is 36.8 Å². The van der Waals surface area contributed by atoms with E-state index in [0.29, 0.717) is 16.9 Å². The molecule has 0 fully saturated rings. The van der Waals surface area contributed by atoms with Gasteiger partial charge in [-0.05, 0) is 31.2 Å². The Bertz CT molecular complexity index is 974. The number of carbonyl (C=O) groups is 2. The van der Waals surface area contributed by atoms with E-state index in [1.54, 1.807) is 49.2 Å². The lowest BCUT2D eigenvalue weighted by atomic mass is 10.2. The minimum Gasteiger partial charge on any atom is -0.319 e. The molecule has 0 saturated heterocycles. The number of rotatable bonds is 4. The number of halogens is 1. The van der Waals surface area contributed by atoms with Gasteiger partial charge in [0, 0.05) is 24.1 Å². The number of nitrogens with zero attached hydrogens (tertiary/aromatic N) is 4. The Balaban J connectivity index is 1.82. The predicted molar refractivity (Wildman–Crippen MR) is 101 cm³/mol. The highest BCUT2D eigenvalue weighted by Crippen LogP contribution is 2.20. The van der Waals surface area contributed by atoms with Crippen molar-refractivity contribution in [1.82, 2.24) is 19.6 Å². The average Bonchev–Trinajstić information content (AvgIpc) is 3.12. The van der Waals surface area contributed by atoms with Crippen LogP contribution in [-0.2, 0) is 14.1 Å². The van der Waals surface area contributed by atoms with E-state index in [4.69, 9.17) is 0 Å². The summed E-state index contributed by atoms with van der Waals surface area (Å²) in [4.78, 5) is 25.1. The summed E-state index contributed by atoms with van der Waals surface area (Å²) in [6.45, 7) is 1.85. The molecule has 0 radical (unpaired) electrons. The number of amides is 2. The van der Waals surface area contributed by atoms with Gasteiger partial charge in [-0.3, -0.25) is 19.0 Å². The van der Waals surface area contributed by atoms with Crippen molar-refractivity contribution in [2.45, 2.75) is 6.92 Å². The summed E-state index contributed by atoms with van der Waals surface area (Å²) < 4.78 is 3.95. The van der Waals surface area contributed by atoms with Crippen molar-refractivity contribution in [3.8, 4) is 0 Å². The van der Waals surface area contributed by atoms with Gasteiger partial charge in [0.25, 0.3) is 11.8 Å². The molecule has 0 bridgehead atoms. The second-order valence-corrected chi connectivity index (χ2v) is 6.63. The molecule has 2 aromatic heterocycles. The lowest BCUT2D eigenvalue weighted by molar-refractivity contribution is 0.101. The van der Waals surface area contributed by atoms with Crippen LogP contribution in [0.4, 0.5) is 11.4 Å². The van der Waals surface area contributed by atoms with Crippen molar-refractivity contribution in [3.63, 3.8) is 0 Å². The first kappa shape index (κ1) is 17.9. The summed E-state index contributed by atoms with van der Waals surface area (Å²) in [5.41, 5.74) is 2.48. The molecule has 0 aliphatic rings. The van der Waals surface area contributed by atoms with Crippen LogP contribution in [0.3, 0.4) is 0 Å². The van der Waals surface area contributed by atoms with Crippen LogP contribution in [-0.4, -0.2) is 31.4 Å². The molecule has 134 valence electrons. The Morgan fingerprint density at radius 2 is 1.50 bits per heavy atom. The fourth-order valence-electron chi connectivity index (χ4n) is 2.40. The molecule has 0 aliphatic carbocycles. The summed E-state index contributed by atoms with van der Waals surface area (Å²) in [7, 11) is 3.43. The van der Waals surface area contributed by atoms with E-state index >= 15 is 0 Å². The monoisotopic (exact) mass is 416 g/mol. The van der Waals surface area contributed by atoms with Crippen molar-refractivity contribution in [2.75, 3.05) is 10.6 Å². The van der Waals surface area contributed by atoms with Gasteiger partial charge < -0.3 is 10.6 Å². The quantitative estimate of drug-likeness (QED) is 0.683. The highest BCUT2D eigenvalue weighted by molar-refractivity contribution is 9.10. The Kier molecular flexibility index (Phi) is 4.90. The number of aryl methyl sites for hydroxylation is 2. The van der Waals surface area contributed by atoms with Gasteiger partial charge in [0.2, 0.25) is 0 Å². The molecule has 0 unspecified atom stereocenters. The van der Waals surface area contributed by atoms with Gasteiger partial charge in [0.05, 0.1) is 29.5 Å². The van der Waals surface area contributed by atoms with Gasteiger partial charge in [0.15, 0.2) is 0 Å². The predicted octanol–water partition coefficient (Wildman–Crippen LogP) is 2.73. The third-order valence-corrected chi connectivity index (χ3v) is 4.52. The molecule has 0 spiro atoms. The molecule has 0 aliphatic heterocycles. The number of hydrogen-bond donors (Lipinski definition) is 2. The van der Waals surface area contributed by atoms with Crippen LogP contribution in [0.25, 0.3) is 0 Å². The Hall–Kier alpha value is -2.94. The maximum atomic E-state index is 12.7. The molecule has 2 amide bonds. The van der Waals surface area contributed by atoms with Crippen LogP contribution in [0, 0.1) is 6.92 Å². The molecule has 1 aromatic carbocycles. The number of benzene rings is 1. The zero-order chi connectivity index (χ0) is 18.8. The highest BCUT2D eigenvalue weighted by atomic mass is 79.9. The van der Waals surface area contributed by atoms with Crippen LogP contribution in [0.1, 0.15) is 26.5 Å². The Morgan fingerprint density at radius 3 is 2.12 bits per heavy atom. The number of carbonyl (C=O) groups excluding carboxylic acids is 2. The van der Waals surface area contributed by atoms with Crippen molar-refractivity contribution in [2.24, 2.45) is 14.1 Å². The SMILES string of the molecule is Cc1c(NC(=O)c2c(NC(=O)c3ccc(Br)cc3)cnn2C)cnn1C. The van der Waals surface area contributed by atoms with E-state index in [1.165, 1.54) is 10.9 Å². The molecule has 26 heavy (non-hydrogen) atoms. The standard InChI is InChI=1S/C17H17BrN6O2/c1-10-13(8-19-23(10)2)21-17(26)15-14(9-20-24(15)3)22-16(25)11-4-6-12(18)7-5-11/h4-9H,1-3H3,(H,21,26)(H,22,25). The molecule has 2 heterocycles. The minimum absolute atomic E-state index is 0.249. The van der Waals surface area contributed by atoms with Crippen molar-refractivity contribution >= 4 is 39.1 Å². The molecule has 8 nitrogen and oxygen atoms in total. The molecular formula is C17H17BrN6O2. The molecule has 0 saturated carbocycles. The minimum atomic E-state index is -0.382. The van der Waals surface area contributed by atoms with E-state index < -0.39 is 0 Å². The first-order valence-corrected chi connectivity index (χ1v) is 8.55. The molecule has 9 heteroatoms. The Labute approximate surface area is 158 Å². The second kappa shape index (κ2) is 7.12. The summed E-state index contributed by atoms with van der Waals surface area (Å²) in [6.07, 6.45) is 3.02. The molecule has 3 rings (SSSR count). The largest absolute Gasteiger partial charge is 0.319 e. The van der Waals surface area contributed by atoms with E-state index in [-0.39, 0.29) is 17.5 Å². The molecular weight excluding hydrogens is 400 g/mol. The summed E-state index contributed by atoms with van der Waals surface area (Å²) in [5, 5.41) is 13.7. The topological polar surface area (TPSA) is 93.8 Å². The summed E-state index contributed by atoms with van der Waals surface area (Å²) in [5.74, 6) is -0.704. The Morgan fingerprint density at radius 1 is 0.923 bits per heavy atom. The zero-order valence-electron chi connectivity index (χ0n) is 14.4. The van der Waals surface area contributed by atoms with Crippen LogP contribution in [0.15, 0.2) is 41.1 Å². The van der Waals surface area contributed by atoms with Gasteiger partial charge in [-0.15, -0.1) is 0 Å². The number of aromatic nitrogens is 4. The van der Waals surface area contributed by atoms with Gasteiger partial charge in [-0.25, -0.2) is 0 Å². The smallest absolute Gasteiger partial charge is 0.276 e. The van der Waals surface area contributed by atoms with Gasteiger partial charge in [-0.2, -0.15) is 10.2 Å². The molecule has 2 N–H and O–H groups in total. The lowest BCUT2D eigenvalue weighted by Crippen LogP contribution is -2.20. The number of hydrogen-bond acceptors (Lipinski definition) is 4. The fourth-order valence-corrected chi connectivity index (χ4v) is 2.66. The third kappa shape index (κ3) is 3.52. The lowest BCUT2D eigenvalue weighted by Gasteiger charge is -2.09. The first-order valence-electron chi connectivity index (χ1n) is 7.75. The highest BCUT2D eigenvalue weighted by Gasteiger charge is 2.20. The summed E-state index contributed by atoms with van der Waals surface area (Å²) in [6, 6.07) is 6.93. The fraction of sp³-hybridized carbons (Fsp3) is 0.176. The van der Waals surface area contributed by atoms with E-state index in [9.17, 15) is 9.59 Å². The van der Waals surface area contributed by atoms with Crippen molar-refractivity contribution in [1.29, 1.82) is 0 Å². The van der Waals surface area contributed by atoms with Crippen molar-refractivity contribution in [3.05, 3.63) is 58.1 Å². The average molecular weight is 417 g/mol. The van der Waals surface area contributed by atoms with Crippen LogP contribution in [0.5, 0.6) is 0 Å². The van der Waals surface area contributed by atoms with Gasteiger partial charge in [0.1, 0.15) is 5.69 Å². The van der Waals surface area contributed by atoms with Crippen LogP contribution >= 0.6 is 15.9 Å². The van der Waals surface area contributed by atoms with E-state index in [1.807, 2.05) is 6.92 Å². The normalized spacial score (nSPS) is 10.6. The maximum Gasteiger partial charge on any atom is 0.276 e. The van der Waals surface area contributed by atoms with Crippen molar-refractivity contribution < 1.29 is 9.59 Å². The third-order valence-electron chi connectivity index (χ3n) is 3.99. The van der Waals surface area contributed by atoms with Crippen LogP contribution < -0.4 is 10.6 Å².